The summed E-state index contributed by atoms with van der Waals surface area (Å²) >= 11 is 0. The SMILES string of the molecule is CC(C)(C)NC(=O)N[C@H]1CCCCC/C=C/[C@@H]2C[C@@]2(C(=O)NS(=O)(=O)C2CC2)NC(=O)[C@@H]2C[C@@H](OC(=O)N3CCc4ccccc4C3)CN2C1=O. The number of rotatable bonds is 5. The zero-order valence-corrected chi connectivity index (χ0v) is 30.4. The molecule has 5 aliphatic rings. The maximum Gasteiger partial charge on any atom is 0.410 e. The minimum absolute atomic E-state index is 0.0345. The number of amides is 6. The molecule has 2 aliphatic carbocycles. The lowest BCUT2D eigenvalue weighted by Crippen LogP contribution is -2.59. The molecule has 1 aromatic rings. The van der Waals surface area contributed by atoms with Crippen LogP contribution in [0.2, 0.25) is 0 Å². The van der Waals surface area contributed by atoms with E-state index in [4.69, 9.17) is 4.74 Å². The molecule has 14 nitrogen and oxygen atoms in total. The van der Waals surface area contributed by atoms with Crippen LogP contribution in [0, 0.1) is 5.92 Å². The van der Waals surface area contributed by atoms with E-state index in [0.717, 1.165) is 18.4 Å². The van der Waals surface area contributed by atoms with Gasteiger partial charge in [0.15, 0.2) is 0 Å². The van der Waals surface area contributed by atoms with Gasteiger partial charge >= 0.3 is 12.1 Å². The Hall–Kier alpha value is -4.14. The third kappa shape index (κ3) is 8.67. The molecule has 3 fully saturated rings. The lowest BCUT2D eigenvalue weighted by Gasteiger charge is -2.31. The minimum atomic E-state index is -3.89. The van der Waals surface area contributed by atoms with E-state index >= 15 is 0 Å². The third-order valence-corrected chi connectivity index (χ3v) is 12.1. The first-order valence-corrected chi connectivity index (χ1v) is 19.7. The van der Waals surface area contributed by atoms with E-state index in [0.29, 0.717) is 51.6 Å². The van der Waals surface area contributed by atoms with Gasteiger partial charge in [-0.25, -0.2) is 18.0 Å². The van der Waals surface area contributed by atoms with Gasteiger partial charge < -0.3 is 30.5 Å². The highest BCUT2D eigenvalue weighted by Gasteiger charge is 2.62. The van der Waals surface area contributed by atoms with Gasteiger partial charge in [0.05, 0.1) is 11.8 Å². The second kappa shape index (κ2) is 14.5. The summed E-state index contributed by atoms with van der Waals surface area (Å²) in [6, 6.07) is 5.24. The third-order valence-electron chi connectivity index (χ3n) is 10.3. The van der Waals surface area contributed by atoms with Crippen LogP contribution in [-0.2, 0) is 42.1 Å². The fraction of sp³-hybridized carbons (Fsp3) is 0.639. The summed E-state index contributed by atoms with van der Waals surface area (Å²) in [5, 5.41) is 7.85. The molecule has 1 saturated heterocycles. The Balaban J connectivity index is 1.25. The van der Waals surface area contributed by atoms with E-state index in [-0.39, 0.29) is 19.4 Å². The Bertz CT molecular complexity index is 1690. The summed E-state index contributed by atoms with van der Waals surface area (Å²) in [4.78, 5) is 71.5. The molecule has 6 amide bonds. The van der Waals surface area contributed by atoms with Crippen LogP contribution >= 0.6 is 0 Å². The first kappa shape index (κ1) is 36.6. The Kier molecular flexibility index (Phi) is 10.4. The van der Waals surface area contributed by atoms with E-state index in [1.54, 1.807) is 4.90 Å². The smallest absolute Gasteiger partial charge is 0.410 e. The Labute approximate surface area is 299 Å². The van der Waals surface area contributed by atoms with Crippen molar-refractivity contribution in [1.82, 2.24) is 30.5 Å². The van der Waals surface area contributed by atoms with E-state index in [1.165, 1.54) is 10.5 Å². The number of sulfonamides is 1. The predicted molar refractivity (Wildman–Crippen MR) is 187 cm³/mol. The number of benzene rings is 1. The molecule has 51 heavy (non-hydrogen) atoms. The van der Waals surface area contributed by atoms with E-state index in [1.807, 2.05) is 57.2 Å². The summed E-state index contributed by atoms with van der Waals surface area (Å²) in [5.41, 5.74) is 0.120. The molecule has 4 N–H and O–H groups in total. The highest BCUT2D eigenvalue weighted by atomic mass is 32.2. The van der Waals surface area contributed by atoms with Gasteiger partial charge in [-0.3, -0.25) is 19.1 Å². The number of carbonyl (C=O) groups excluding carboxylic acids is 5. The highest BCUT2D eigenvalue weighted by molar-refractivity contribution is 7.91. The average Bonchev–Trinajstić information content (AvgIpc) is 3.99. The van der Waals surface area contributed by atoms with Crippen molar-refractivity contribution >= 4 is 39.9 Å². The fourth-order valence-corrected chi connectivity index (χ4v) is 8.61. The Morgan fingerprint density at radius 3 is 2.49 bits per heavy atom. The van der Waals surface area contributed by atoms with Crippen molar-refractivity contribution < 1.29 is 37.1 Å². The van der Waals surface area contributed by atoms with Crippen LogP contribution in [0.3, 0.4) is 0 Å². The van der Waals surface area contributed by atoms with Gasteiger partial charge in [0.25, 0.3) is 5.91 Å². The molecule has 3 heterocycles. The maximum atomic E-state index is 14.3. The zero-order chi connectivity index (χ0) is 36.6. The van der Waals surface area contributed by atoms with Gasteiger partial charge in [0, 0.05) is 31.0 Å². The summed E-state index contributed by atoms with van der Waals surface area (Å²) in [6.07, 6.45) is 7.40. The molecule has 15 heteroatoms. The average molecular weight is 727 g/mol. The molecule has 0 radical (unpaired) electrons. The van der Waals surface area contributed by atoms with Crippen molar-refractivity contribution in [2.45, 2.75) is 126 Å². The summed E-state index contributed by atoms with van der Waals surface area (Å²) in [6.45, 7) is 6.22. The van der Waals surface area contributed by atoms with Gasteiger partial charge in [-0.05, 0) is 76.8 Å². The second-order valence-electron chi connectivity index (χ2n) is 15.6. The summed E-state index contributed by atoms with van der Waals surface area (Å²) in [7, 11) is -3.89. The Morgan fingerprint density at radius 1 is 1.02 bits per heavy atom. The first-order valence-electron chi connectivity index (χ1n) is 18.1. The molecule has 5 atom stereocenters. The van der Waals surface area contributed by atoms with Crippen LogP contribution in [0.15, 0.2) is 36.4 Å². The van der Waals surface area contributed by atoms with Crippen LogP contribution in [0.25, 0.3) is 0 Å². The van der Waals surface area contributed by atoms with E-state index in [2.05, 4.69) is 20.7 Å². The normalized spacial score (nSPS) is 29.2. The van der Waals surface area contributed by atoms with Crippen molar-refractivity contribution in [3.8, 4) is 0 Å². The monoisotopic (exact) mass is 726 g/mol. The maximum absolute atomic E-state index is 14.3. The van der Waals surface area contributed by atoms with Crippen LogP contribution in [0.4, 0.5) is 9.59 Å². The molecule has 0 aromatic heterocycles. The molecule has 3 aliphatic heterocycles. The number of urea groups is 1. The lowest BCUT2D eigenvalue weighted by atomic mass is 10.0. The zero-order valence-electron chi connectivity index (χ0n) is 29.6. The first-order chi connectivity index (χ1) is 24.1. The van der Waals surface area contributed by atoms with Gasteiger partial charge in [0.1, 0.15) is 23.7 Å². The number of hydrogen-bond donors (Lipinski definition) is 4. The molecular formula is C36H50N6O8S. The number of ether oxygens (including phenoxy) is 1. The molecule has 0 spiro atoms. The topological polar surface area (TPSA) is 183 Å². The van der Waals surface area contributed by atoms with Crippen molar-refractivity contribution in [2.24, 2.45) is 5.92 Å². The molecule has 0 bridgehead atoms. The van der Waals surface area contributed by atoms with Crippen molar-refractivity contribution in [1.29, 1.82) is 0 Å². The number of hydrogen-bond acceptors (Lipinski definition) is 8. The van der Waals surface area contributed by atoms with Crippen molar-refractivity contribution in [2.75, 3.05) is 13.1 Å². The number of nitrogens with one attached hydrogen (secondary N) is 4. The fourth-order valence-electron chi connectivity index (χ4n) is 7.25. The molecule has 1 aromatic carbocycles. The van der Waals surface area contributed by atoms with Crippen molar-refractivity contribution in [3.05, 3.63) is 47.5 Å². The highest BCUT2D eigenvalue weighted by Crippen LogP contribution is 2.46. The van der Waals surface area contributed by atoms with E-state index < -0.39 is 80.3 Å². The Morgan fingerprint density at radius 2 is 1.76 bits per heavy atom. The molecule has 2 saturated carbocycles. The molecular weight excluding hydrogens is 676 g/mol. The van der Waals surface area contributed by atoms with Crippen LogP contribution < -0.4 is 20.7 Å². The number of fused-ring (bicyclic) bond motifs is 3. The lowest BCUT2D eigenvalue weighted by molar-refractivity contribution is -0.141. The number of allylic oxidation sites excluding steroid dienone is 1. The van der Waals surface area contributed by atoms with Gasteiger partial charge in [-0.2, -0.15) is 0 Å². The standard InChI is InChI=1S/C36H50N6O8S/c1-35(2,3)39-33(46)37-28-14-8-6-4-5-7-13-25-20-36(25,32(45)40-51(48,49)27-15-16-27)38-30(43)29-19-26(22-42(29)31(28)44)50-34(47)41-18-17-23-11-9-10-12-24(23)21-41/h7,9-13,25-29H,4-6,8,14-22H2,1-3H3,(H,38,43)(H,40,45)(H2,37,39,46)/b13-7+/t25-,26-,28+,29+,36-/m1/s1. The largest absolute Gasteiger partial charge is 0.444 e. The molecule has 6 rings (SSSR count). The quantitative estimate of drug-likeness (QED) is 0.334. The second-order valence-corrected chi connectivity index (χ2v) is 17.6. The summed E-state index contributed by atoms with van der Waals surface area (Å²) < 4.78 is 33.7. The minimum Gasteiger partial charge on any atom is -0.444 e. The molecule has 0 unspecified atom stereocenters. The van der Waals surface area contributed by atoms with Crippen LogP contribution in [0.5, 0.6) is 0 Å². The van der Waals surface area contributed by atoms with Crippen LogP contribution in [-0.4, -0.2) is 95.7 Å². The van der Waals surface area contributed by atoms with Gasteiger partial charge in [0.2, 0.25) is 21.8 Å². The number of carbonyl (C=O) groups is 5. The van der Waals surface area contributed by atoms with Crippen molar-refractivity contribution in [3.63, 3.8) is 0 Å². The van der Waals surface area contributed by atoms with E-state index in [9.17, 15) is 32.4 Å². The van der Waals surface area contributed by atoms with Gasteiger partial charge in [-0.1, -0.05) is 49.3 Å². The van der Waals surface area contributed by atoms with Crippen LogP contribution in [0.1, 0.15) is 89.7 Å². The predicted octanol–water partition coefficient (Wildman–Crippen LogP) is 2.62. The van der Waals surface area contributed by atoms with Gasteiger partial charge in [-0.15, -0.1) is 0 Å². The number of nitrogens with zero attached hydrogens (tertiary/aromatic N) is 2. The molecule has 278 valence electrons. The summed E-state index contributed by atoms with van der Waals surface area (Å²) in [5.74, 6) is -2.39.